The zero-order valence-corrected chi connectivity index (χ0v) is 34.1. The molecule has 0 radical (unpaired) electrons. The fourth-order valence-electron chi connectivity index (χ4n) is 5.59. The van der Waals surface area contributed by atoms with E-state index >= 15 is 0 Å². The van der Waals surface area contributed by atoms with Crippen LogP contribution in [0, 0.1) is 12.3 Å². The lowest BCUT2D eigenvalue weighted by molar-refractivity contribution is 0.0515. The highest BCUT2D eigenvalue weighted by atomic mass is 32.1. The van der Waals surface area contributed by atoms with Crippen LogP contribution in [0.25, 0.3) is 36.6 Å². The molecule has 5 aromatic heterocycles. The second-order valence-corrected chi connectivity index (χ2v) is 13.7. The molecule has 60 heavy (non-hydrogen) atoms. The van der Waals surface area contributed by atoms with Gasteiger partial charge in [-0.2, -0.15) is 0 Å². The zero-order valence-electron chi connectivity index (χ0n) is 32.5. The van der Waals surface area contributed by atoms with Crippen molar-refractivity contribution in [2.45, 2.75) is 26.9 Å². The molecular weight excluding hydrogens is 817 g/mol. The van der Waals surface area contributed by atoms with Gasteiger partial charge < -0.3 is 29.2 Å². The van der Waals surface area contributed by atoms with Gasteiger partial charge in [-0.05, 0) is 90.8 Å². The van der Waals surface area contributed by atoms with Gasteiger partial charge in [-0.25, -0.2) is 14.3 Å². The molecular formula is C40H36N8O10S2. The average molecular weight is 853 g/mol. The molecule has 0 aliphatic heterocycles. The summed E-state index contributed by atoms with van der Waals surface area (Å²) in [5.74, 6) is 1.13. The summed E-state index contributed by atoms with van der Waals surface area (Å²) in [6, 6.07) is 17.6. The van der Waals surface area contributed by atoms with Crippen LogP contribution in [0.3, 0.4) is 0 Å². The summed E-state index contributed by atoms with van der Waals surface area (Å²) in [6.07, 6.45) is 6.90. The Bertz CT molecular complexity index is 2850. The fourth-order valence-corrected chi connectivity index (χ4v) is 7.45. The van der Waals surface area contributed by atoms with Crippen molar-refractivity contribution in [1.29, 1.82) is 0 Å². The number of hydrogen-bond donors (Lipinski definition) is 2. The minimum absolute atomic E-state index is 0.0305. The van der Waals surface area contributed by atoms with Gasteiger partial charge in [-0.3, -0.25) is 18.7 Å². The number of benzene rings is 2. The monoisotopic (exact) mass is 852 g/mol. The van der Waals surface area contributed by atoms with Gasteiger partial charge in [0, 0.05) is 10.6 Å². The van der Waals surface area contributed by atoms with Crippen LogP contribution in [0.15, 0.2) is 92.3 Å². The molecule has 0 amide bonds. The molecule has 0 aliphatic carbocycles. The topological polar surface area (TPSA) is 235 Å². The van der Waals surface area contributed by atoms with E-state index in [0.717, 1.165) is 17.2 Å². The van der Waals surface area contributed by atoms with Crippen molar-refractivity contribution < 1.29 is 38.7 Å². The largest absolute Gasteiger partial charge is 0.502 e. The maximum atomic E-state index is 12.8. The number of terminal acetylenes is 1. The number of hydrogen-bond acceptors (Lipinski definition) is 15. The summed E-state index contributed by atoms with van der Waals surface area (Å²) in [4.78, 5) is 51.5. The number of esters is 2. The lowest BCUT2D eigenvalue weighted by atomic mass is 10.2. The Morgan fingerprint density at radius 3 is 1.80 bits per heavy atom. The summed E-state index contributed by atoms with van der Waals surface area (Å²) in [6.45, 7) is 3.73. The van der Waals surface area contributed by atoms with E-state index in [1.165, 1.54) is 31.8 Å². The summed E-state index contributed by atoms with van der Waals surface area (Å²) < 4.78 is 25.1. The molecule has 0 saturated carbocycles. The number of rotatable bonds is 11. The van der Waals surface area contributed by atoms with Crippen LogP contribution in [0.5, 0.6) is 23.0 Å². The van der Waals surface area contributed by atoms with Crippen LogP contribution >= 0.6 is 22.7 Å². The number of methoxy groups -OCH3 is 2. The van der Waals surface area contributed by atoms with Crippen LogP contribution in [-0.2, 0) is 22.6 Å². The number of ether oxygens (including phenoxy) is 4. The maximum absolute atomic E-state index is 12.8. The van der Waals surface area contributed by atoms with Crippen molar-refractivity contribution >= 4 is 60.7 Å². The number of carbonyl (C=O) groups excluding carboxylic acids is 2. The van der Waals surface area contributed by atoms with Crippen LogP contribution in [0.2, 0.25) is 0 Å². The molecule has 0 spiro atoms. The van der Waals surface area contributed by atoms with Gasteiger partial charge in [0.1, 0.15) is 28.3 Å². The molecule has 0 bridgehead atoms. The van der Waals surface area contributed by atoms with E-state index < -0.39 is 34.6 Å². The van der Waals surface area contributed by atoms with E-state index in [1.54, 1.807) is 86.1 Å². The quantitative estimate of drug-likeness (QED) is 0.0450. The first-order valence-electron chi connectivity index (χ1n) is 17.7. The number of pyridine rings is 2. The van der Waals surface area contributed by atoms with Gasteiger partial charge in [-0.15, -0.1) is 34.2 Å². The van der Waals surface area contributed by atoms with Crippen LogP contribution in [-0.4, -0.2) is 73.7 Å². The van der Waals surface area contributed by atoms with E-state index in [1.807, 2.05) is 24.3 Å². The van der Waals surface area contributed by atoms with Crippen molar-refractivity contribution in [3.63, 3.8) is 0 Å². The molecule has 7 rings (SSSR count). The molecule has 5 heterocycles. The Labute approximate surface area is 348 Å². The third-order valence-electron chi connectivity index (χ3n) is 8.33. The predicted molar refractivity (Wildman–Crippen MR) is 225 cm³/mol. The standard InChI is InChI=1S/C20H18N4O5S.C13H11NO4S.C7H7N3O/c1-3-29-20(27)16-17(25)19(26)23(15-8-9-30-18(15)16)10-12-11-24(22-21-12)13-4-6-14(28-2)7-5-13;1-3-6-14-8-5-7-19-11(8)9(10(15)12(14)16)13(17)18-4-2;1-11-7-4-2-6(3-5-7)9-10-8/h4-9,11,25H,3,10H2,1-2H3;1,5,7,15H,4,6H2,2H3;2-5H,1H3. The first-order chi connectivity index (χ1) is 29.0. The van der Waals surface area contributed by atoms with Crippen LogP contribution in [0.4, 0.5) is 5.69 Å². The number of thiophene rings is 2. The molecule has 0 aliphatic rings. The lowest BCUT2D eigenvalue weighted by Gasteiger charge is -2.11. The summed E-state index contributed by atoms with van der Waals surface area (Å²) in [5.41, 5.74) is 9.42. The highest BCUT2D eigenvalue weighted by Gasteiger charge is 2.25. The minimum Gasteiger partial charge on any atom is -0.502 e. The molecule has 308 valence electrons. The Kier molecular flexibility index (Phi) is 14.7. The summed E-state index contributed by atoms with van der Waals surface area (Å²) >= 11 is 2.49. The highest BCUT2D eigenvalue weighted by molar-refractivity contribution is 7.17. The van der Waals surface area contributed by atoms with E-state index in [2.05, 4.69) is 26.3 Å². The van der Waals surface area contributed by atoms with Gasteiger partial charge in [0.25, 0.3) is 11.1 Å². The van der Waals surface area contributed by atoms with E-state index in [0.29, 0.717) is 31.8 Å². The van der Waals surface area contributed by atoms with Crippen molar-refractivity contribution in [1.82, 2.24) is 24.1 Å². The zero-order chi connectivity index (χ0) is 43.3. The van der Waals surface area contributed by atoms with E-state index in [4.69, 9.17) is 30.9 Å². The third-order valence-corrected chi connectivity index (χ3v) is 10.2. The number of aromatic nitrogens is 5. The smallest absolute Gasteiger partial charge is 0.343 e. The Hall–Kier alpha value is -7.59. The van der Waals surface area contributed by atoms with Gasteiger partial charge in [0.15, 0.2) is 11.5 Å². The van der Waals surface area contributed by atoms with Crippen molar-refractivity contribution in [2.24, 2.45) is 5.11 Å². The van der Waals surface area contributed by atoms with Gasteiger partial charge >= 0.3 is 11.9 Å². The first-order valence-corrected chi connectivity index (χ1v) is 19.5. The molecule has 2 aromatic carbocycles. The fraction of sp³-hybridized carbons (Fsp3) is 0.200. The average Bonchev–Trinajstić information content (AvgIpc) is 4.05. The van der Waals surface area contributed by atoms with Crippen molar-refractivity contribution in [3.8, 4) is 41.0 Å². The van der Waals surface area contributed by atoms with Gasteiger partial charge in [-0.1, -0.05) is 16.2 Å². The first kappa shape index (κ1) is 43.5. The number of carbonyl (C=O) groups is 2. The molecule has 2 N–H and O–H groups in total. The predicted octanol–water partition coefficient (Wildman–Crippen LogP) is 6.80. The molecule has 20 heteroatoms. The Morgan fingerprint density at radius 2 is 1.32 bits per heavy atom. The van der Waals surface area contributed by atoms with Crippen LogP contribution in [0.1, 0.15) is 40.3 Å². The molecule has 0 unspecified atom stereocenters. The van der Waals surface area contributed by atoms with Crippen molar-refractivity contribution in [2.75, 3.05) is 27.4 Å². The van der Waals surface area contributed by atoms with E-state index in [-0.39, 0.29) is 37.4 Å². The number of azide groups is 1. The van der Waals surface area contributed by atoms with Gasteiger partial charge in [0.2, 0.25) is 0 Å². The van der Waals surface area contributed by atoms with Crippen molar-refractivity contribution in [3.05, 3.63) is 126 Å². The molecule has 0 saturated heterocycles. The van der Waals surface area contributed by atoms with Crippen LogP contribution < -0.4 is 20.6 Å². The number of nitrogens with zero attached hydrogens (tertiary/aromatic N) is 8. The normalized spacial score (nSPS) is 10.3. The molecule has 18 nitrogen and oxygen atoms in total. The molecule has 0 atom stereocenters. The Morgan fingerprint density at radius 1 is 0.817 bits per heavy atom. The number of fused-ring (bicyclic) bond motifs is 2. The Balaban J connectivity index is 0.000000193. The second-order valence-electron chi connectivity index (χ2n) is 11.9. The number of aromatic hydroxyl groups is 2. The van der Waals surface area contributed by atoms with E-state index in [9.17, 15) is 29.4 Å². The summed E-state index contributed by atoms with van der Waals surface area (Å²) in [5, 5.41) is 35.5. The summed E-state index contributed by atoms with van der Waals surface area (Å²) in [7, 11) is 3.18. The second kappa shape index (κ2) is 20.2. The molecule has 0 fully saturated rings. The highest BCUT2D eigenvalue weighted by Crippen LogP contribution is 2.31. The SMILES string of the molecule is C#CCn1c(=O)c(O)c(C(=O)OCC)c2sccc21.CCOC(=O)c1c(O)c(=O)n(Cc2cn(-c3ccc(OC)cc3)nn2)c2ccsc12.COc1ccc(N=[N+]=[N-])cc1. The molecule has 7 aromatic rings. The lowest BCUT2D eigenvalue weighted by Crippen LogP contribution is -2.23. The van der Waals surface area contributed by atoms with Gasteiger partial charge in [0.05, 0.1) is 72.8 Å². The minimum atomic E-state index is -0.725. The third kappa shape index (κ3) is 9.57. The maximum Gasteiger partial charge on any atom is 0.343 e.